The highest BCUT2D eigenvalue weighted by molar-refractivity contribution is 5.59. The van der Waals surface area contributed by atoms with Crippen LogP contribution < -0.4 is 11.0 Å². The average molecular weight is 456 g/mol. The maximum absolute atomic E-state index is 13.5. The molecular formula is C24H30FN5O3. The highest BCUT2D eigenvalue weighted by atomic mass is 19.1. The Balaban J connectivity index is 1.70. The van der Waals surface area contributed by atoms with Gasteiger partial charge in [0.05, 0.1) is 34.8 Å². The number of anilines is 1. The lowest BCUT2D eigenvalue weighted by Gasteiger charge is -2.33. The van der Waals surface area contributed by atoms with Gasteiger partial charge < -0.3 is 15.5 Å². The zero-order chi connectivity index (χ0) is 23.8. The molecule has 176 valence electrons. The summed E-state index contributed by atoms with van der Waals surface area (Å²) in [7, 11) is 0. The first kappa shape index (κ1) is 23.1. The summed E-state index contributed by atoms with van der Waals surface area (Å²) < 4.78 is 16.4. The smallest absolute Gasteiger partial charge is 0.333 e. The molecule has 33 heavy (non-hydrogen) atoms. The fourth-order valence-corrected chi connectivity index (χ4v) is 4.18. The van der Waals surface area contributed by atoms with Gasteiger partial charge in [-0.1, -0.05) is 0 Å². The second-order valence-corrected chi connectivity index (χ2v) is 9.73. The minimum atomic E-state index is -1.10. The van der Waals surface area contributed by atoms with Gasteiger partial charge in [-0.05, 0) is 76.8 Å². The lowest BCUT2D eigenvalue weighted by Crippen LogP contribution is -2.36. The van der Waals surface area contributed by atoms with Gasteiger partial charge in [-0.2, -0.15) is 0 Å². The van der Waals surface area contributed by atoms with Crippen molar-refractivity contribution in [2.24, 2.45) is 0 Å². The van der Waals surface area contributed by atoms with Crippen molar-refractivity contribution < 1.29 is 14.6 Å². The van der Waals surface area contributed by atoms with Crippen molar-refractivity contribution in [3.63, 3.8) is 0 Å². The maximum Gasteiger partial charge on any atom is 0.333 e. The molecule has 0 spiro atoms. The summed E-state index contributed by atoms with van der Waals surface area (Å²) in [6.45, 7) is 5.20. The molecule has 9 heteroatoms. The highest BCUT2D eigenvalue weighted by Crippen LogP contribution is 2.29. The third-order valence-electron chi connectivity index (χ3n) is 5.91. The molecule has 8 nitrogen and oxygen atoms in total. The van der Waals surface area contributed by atoms with E-state index >= 15 is 0 Å². The van der Waals surface area contributed by atoms with E-state index in [1.54, 1.807) is 32.3 Å². The van der Waals surface area contributed by atoms with E-state index in [2.05, 4.69) is 15.3 Å². The predicted octanol–water partition coefficient (Wildman–Crippen LogP) is 3.11. The van der Waals surface area contributed by atoms with E-state index < -0.39 is 17.0 Å². The van der Waals surface area contributed by atoms with E-state index in [0.717, 1.165) is 12.8 Å². The molecule has 2 heterocycles. The average Bonchev–Trinajstić information content (AvgIpc) is 3.05. The molecule has 4 rings (SSSR count). The summed E-state index contributed by atoms with van der Waals surface area (Å²) in [6, 6.07) is 7.51. The minimum Gasteiger partial charge on any atom is -0.390 e. The van der Waals surface area contributed by atoms with E-state index in [0.29, 0.717) is 35.9 Å². The van der Waals surface area contributed by atoms with Crippen LogP contribution >= 0.6 is 0 Å². The monoisotopic (exact) mass is 455 g/mol. The molecule has 0 radical (unpaired) electrons. The van der Waals surface area contributed by atoms with Crippen molar-refractivity contribution in [2.45, 2.75) is 70.2 Å². The largest absolute Gasteiger partial charge is 0.390 e. The number of hydrogen-bond donors (Lipinski definition) is 3. The molecule has 0 bridgehead atoms. The van der Waals surface area contributed by atoms with Crippen LogP contribution in [0.5, 0.6) is 0 Å². The van der Waals surface area contributed by atoms with E-state index in [1.165, 1.54) is 33.4 Å². The maximum atomic E-state index is 13.5. The van der Waals surface area contributed by atoms with Gasteiger partial charge in [-0.25, -0.2) is 19.2 Å². The van der Waals surface area contributed by atoms with Gasteiger partial charge in [0.1, 0.15) is 5.82 Å². The third kappa shape index (κ3) is 5.48. The summed E-state index contributed by atoms with van der Waals surface area (Å²) in [4.78, 5) is 22.2. The number of benzene rings is 1. The van der Waals surface area contributed by atoms with E-state index in [-0.39, 0.29) is 18.3 Å². The number of nitrogens with zero attached hydrogens (tertiary/aromatic N) is 4. The Morgan fingerprint density at radius 2 is 1.88 bits per heavy atom. The molecule has 3 N–H and O–H groups in total. The second-order valence-electron chi connectivity index (χ2n) is 9.73. The molecule has 3 aromatic rings. The first-order chi connectivity index (χ1) is 15.5. The second kappa shape index (κ2) is 8.72. The number of rotatable bonds is 6. The van der Waals surface area contributed by atoms with Gasteiger partial charge in [0.2, 0.25) is 5.95 Å². The SMILES string of the molecule is CC(C)(O)Cn1cc(-c2ccnc(NC3CCC(C)(O)CC3)n2)n(-c2ccc(F)cc2)c1=O. The van der Waals surface area contributed by atoms with Crippen LogP contribution in [0.1, 0.15) is 46.5 Å². The first-order valence-corrected chi connectivity index (χ1v) is 11.1. The highest BCUT2D eigenvalue weighted by Gasteiger charge is 2.29. The van der Waals surface area contributed by atoms with Crippen LogP contribution in [0.15, 0.2) is 47.5 Å². The lowest BCUT2D eigenvalue weighted by molar-refractivity contribution is 0.0195. The zero-order valence-corrected chi connectivity index (χ0v) is 19.1. The number of nitrogens with one attached hydrogen (secondary N) is 1. The molecule has 1 fully saturated rings. The molecule has 0 aliphatic heterocycles. The van der Waals surface area contributed by atoms with E-state index in [4.69, 9.17) is 0 Å². The topological polar surface area (TPSA) is 105 Å². The Bertz CT molecular complexity index is 1170. The van der Waals surface area contributed by atoms with Crippen molar-refractivity contribution >= 4 is 5.95 Å². The first-order valence-electron chi connectivity index (χ1n) is 11.1. The van der Waals surface area contributed by atoms with Crippen LogP contribution in [-0.4, -0.2) is 46.6 Å². The van der Waals surface area contributed by atoms with Crippen LogP contribution in [0, 0.1) is 5.82 Å². The molecule has 0 saturated heterocycles. The zero-order valence-electron chi connectivity index (χ0n) is 19.1. The number of halogens is 1. The fourth-order valence-electron chi connectivity index (χ4n) is 4.18. The summed E-state index contributed by atoms with van der Waals surface area (Å²) in [6.07, 6.45) is 6.29. The van der Waals surface area contributed by atoms with Crippen molar-refractivity contribution in [1.29, 1.82) is 0 Å². The van der Waals surface area contributed by atoms with Crippen LogP contribution in [0.3, 0.4) is 0 Å². The molecule has 1 aliphatic rings. The van der Waals surface area contributed by atoms with Crippen molar-refractivity contribution in [2.75, 3.05) is 5.32 Å². The predicted molar refractivity (Wildman–Crippen MR) is 124 cm³/mol. The van der Waals surface area contributed by atoms with Crippen molar-refractivity contribution in [3.05, 3.63) is 59.0 Å². The van der Waals surface area contributed by atoms with Crippen LogP contribution in [0.4, 0.5) is 10.3 Å². The molecule has 0 atom stereocenters. The molecule has 0 amide bonds. The Morgan fingerprint density at radius 3 is 2.52 bits per heavy atom. The summed E-state index contributed by atoms with van der Waals surface area (Å²) in [5.74, 6) is 0.0386. The molecular weight excluding hydrogens is 425 g/mol. The van der Waals surface area contributed by atoms with Crippen molar-refractivity contribution in [1.82, 2.24) is 19.1 Å². The van der Waals surface area contributed by atoms with Crippen molar-refractivity contribution in [3.8, 4) is 17.1 Å². The minimum absolute atomic E-state index is 0.0885. The summed E-state index contributed by atoms with van der Waals surface area (Å²) in [5.41, 5.74) is -0.569. The fraction of sp³-hybridized carbons (Fsp3) is 0.458. The summed E-state index contributed by atoms with van der Waals surface area (Å²) in [5, 5.41) is 23.8. The molecule has 0 unspecified atom stereocenters. The molecule has 1 aromatic carbocycles. The van der Waals surface area contributed by atoms with E-state index in [1.807, 2.05) is 6.92 Å². The van der Waals surface area contributed by atoms with Gasteiger partial charge in [0.25, 0.3) is 0 Å². The Morgan fingerprint density at radius 1 is 1.21 bits per heavy atom. The normalized spacial score (nSPS) is 21.2. The third-order valence-corrected chi connectivity index (χ3v) is 5.91. The van der Waals surface area contributed by atoms with Gasteiger partial charge in [-0.15, -0.1) is 0 Å². The lowest BCUT2D eigenvalue weighted by atomic mass is 9.84. The van der Waals surface area contributed by atoms with E-state index in [9.17, 15) is 19.4 Å². The molecule has 1 saturated carbocycles. The van der Waals surface area contributed by atoms with Gasteiger partial charge >= 0.3 is 5.69 Å². The number of imidazole rings is 1. The Labute approximate surface area is 191 Å². The summed E-state index contributed by atoms with van der Waals surface area (Å²) >= 11 is 0. The molecule has 1 aliphatic carbocycles. The Kier molecular flexibility index (Phi) is 6.11. The Hall–Kier alpha value is -3.04. The van der Waals surface area contributed by atoms with Gasteiger partial charge in [-0.3, -0.25) is 9.13 Å². The number of aliphatic hydroxyl groups is 2. The van der Waals surface area contributed by atoms with Crippen LogP contribution in [-0.2, 0) is 6.54 Å². The quantitative estimate of drug-likeness (QED) is 0.528. The van der Waals surface area contributed by atoms with Gasteiger partial charge in [0, 0.05) is 18.4 Å². The van der Waals surface area contributed by atoms with Gasteiger partial charge in [0.15, 0.2) is 0 Å². The van der Waals surface area contributed by atoms with Crippen LogP contribution in [0.2, 0.25) is 0 Å². The number of aromatic nitrogens is 4. The van der Waals surface area contributed by atoms with Crippen LogP contribution in [0.25, 0.3) is 17.1 Å². The standard InChI is InChI=1S/C24H30FN5O3/c1-23(2,32)15-29-14-20(30(22(29)31)18-6-4-16(25)5-7-18)19-10-13-26-21(28-19)27-17-8-11-24(3,33)12-9-17/h4-7,10,13-14,17,32-33H,8-9,11-12,15H2,1-3H3,(H,26,27,28). The number of hydrogen-bond acceptors (Lipinski definition) is 6. The molecule has 2 aromatic heterocycles.